The van der Waals surface area contributed by atoms with Crippen LogP contribution in [0.1, 0.15) is 26.5 Å². The minimum absolute atomic E-state index is 0.0932. The van der Waals surface area contributed by atoms with E-state index >= 15 is 0 Å². The van der Waals surface area contributed by atoms with Crippen LogP contribution in [0.3, 0.4) is 0 Å². The lowest BCUT2D eigenvalue weighted by Crippen LogP contribution is -2.34. The number of hydrazone groups is 1. The zero-order chi connectivity index (χ0) is 25.2. The van der Waals surface area contributed by atoms with Crippen molar-refractivity contribution in [2.24, 2.45) is 5.10 Å². The van der Waals surface area contributed by atoms with E-state index in [-0.39, 0.29) is 17.9 Å². The lowest BCUT2D eigenvalue weighted by molar-refractivity contribution is -0.120. The molecule has 0 atom stereocenters. The fraction of sp³-hybridized carbons (Fsp3) is 0.167. The summed E-state index contributed by atoms with van der Waals surface area (Å²) in [6.07, 6.45) is 2.78. The van der Waals surface area contributed by atoms with E-state index in [1.54, 1.807) is 30.3 Å². The summed E-state index contributed by atoms with van der Waals surface area (Å²) in [4.78, 5) is 36.3. The number of ether oxygens (including phenoxy) is 4. The fourth-order valence-corrected chi connectivity index (χ4v) is 2.87. The minimum atomic E-state index is -0.614. The van der Waals surface area contributed by atoms with E-state index < -0.39 is 17.8 Å². The Balaban J connectivity index is 1.49. The van der Waals surface area contributed by atoms with Crippen molar-refractivity contribution in [2.45, 2.75) is 0 Å². The molecule has 1 heterocycles. The molecule has 3 rings (SSSR count). The quantitative estimate of drug-likeness (QED) is 0.195. The highest BCUT2D eigenvalue weighted by atomic mass is 16.5. The van der Waals surface area contributed by atoms with Gasteiger partial charge in [0.05, 0.1) is 40.4 Å². The average molecular weight is 481 g/mol. The number of amides is 2. The first-order chi connectivity index (χ1) is 16.9. The molecule has 0 aliphatic heterocycles. The highest BCUT2D eigenvalue weighted by Gasteiger charge is 2.17. The Morgan fingerprint density at radius 1 is 0.971 bits per heavy atom. The Morgan fingerprint density at radius 3 is 2.23 bits per heavy atom. The Morgan fingerprint density at radius 2 is 1.66 bits per heavy atom. The molecule has 0 unspecified atom stereocenters. The van der Waals surface area contributed by atoms with Crippen molar-refractivity contribution >= 4 is 24.0 Å². The van der Waals surface area contributed by atoms with Crippen LogP contribution >= 0.6 is 0 Å². The maximum Gasteiger partial charge on any atom is 0.379 e. The van der Waals surface area contributed by atoms with Gasteiger partial charge >= 0.3 is 5.97 Å². The summed E-state index contributed by atoms with van der Waals surface area (Å²) in [5.74, 6) is -0.271. The van der Waals surface area contributed by atoms with Gasteiger partial charge in [-0.15, -0.1) is 0 Å². The van der Waals surface area contributed by atoms with Gasteiger partial charge in [-0.2, -0.15) is 5.10 Å². The highest BCUT2D eigenvalue weighted by molar-refractivity contribution is 5.97. The first kappa shape index (κ1) is 24.8. The molecule has 0 radical (unpaired) electrons. The lowest BCUT2D eigenvalue weighted by Gasteiger charge is -2.14. The van der Waals surface area contributed by atoms with E-state index in [4.69, 9.17) is 23.4 Å². The van der Waals surface area contributed by atoms with Crippen LogP contribution in [-0.2, 0) is 4.79 Å². The number of hydrogen-bond donors (Lipinski definition) is 2. The molecule has 11 nitrogen and oxygen atoms in total. The zero-order valence-corrected chi connectivity index (χ0v) is 19.2. The number of esters is 1. The summed E-state index contributed by atoms with van der Waals surface area (Å²) in [6, 6.07) is 12.5. The fourth-order valence-electron chi connectivity index (χ4n) is 2.87. The number of carbonyl (C=O) groups is 3. The second-order valence-electron chi connectivity index (χ2n) is 6.83. The summed E-state index contributed by atoms with van der Waals surface area (Å²) in [7, 11) is 4.33. The minimum Gasteiger partial charge on any atom is -0.493 e. The number of hydrogen-bond acceptors (Lipinski definition) is 9. The van der Waals surface area contributed by atoms with Crippen molar-refractivity contribution in [3.05, 3.63) is 71.7 Å². The Bertz CT molecular complexity index is 1180. The summed E-state index contributed by atoms with van der Waals surface area (Å²) < 4.78 is 25.8. The molecule has 0 aliphatic carbocycles. The SMILES string of the molecule is COc1cc(C(=O)NCC(=O)NN=Cc2ccc(OC(=O)c3ccco3)cc2)cc(OC)c1OC. The smallest absolute Gasteiger partial charge is 0.379 e. The standard InChI is InChI=1S/C24H23N3O8/c1-31-19-11-16(12-20(32-2)22(19)33-3)23(29)25-14-21(28)27-26-13-15-6-8-17(9-7-15)35-24(30)18-5-4-10-34-18/h4-13H,14H2,1-3H3,(H,25,29)(H,27,28). The maximum atomic E-state index is 12.4. The topological polar surface area (TPSA) is 138 Å². The van der Waals surface area contributed by atoms with Crippen LogP contribution < -0.4 is 29.7 Å². The molecular weight excluding hydrogens is 458 g/mol. The van der Waals surface area contributed by atoms with Crippen LogP contribution in [0.25, 0.3) is 0 Å². The molecule has 35 heavy (non-hydrogen) atoms. The van der Waals surface area contributed by atoms with E-state index in [2.05, 4.69) is 15.8 Å². The van der Waals surface area contributed by atoms with Crippen molar-refractivity contribution in [3.63, 3.8) is 0 Å². The number of rotatable bonds is 10. The van der Waals surface area contributed by atoms with Gasteiger partial charge in [-0.3, -0.25) is 9.59 Å². The third-order valence-electron chi connectivity index (χ3n) is 4.55. The maximum absolute atomic E-state index is 12.4. The van der Waals surface area contributed by atoms with E-state index in [1.807, 2.05) is 0 Å². The summed E-state index contributed by atoms with van der Waals surface area (Å²) in [5, 5.41) is 6.34. The summed E-state index contributed by atoms with van der Waals surface area (Å²) >= 11 is 0. The molecule has 0 saturated heterocycles. The molecule has 3 aromatic rings. The third kappa shape index (κ3) is 6.60. The number of carbonyl (C=O) groups excluding carboxylic acids is 3. The van der Waals surface area contributed by atoms with Crippen molar-refractivity contribution in [3.8, 4) is 23.0 Å². The molecular formula is C24H23N3O8. The second kappa shape index (κ2) is 11.9. The zero-order valence-electron chi connectivity index (χ0n) is 19.2. The largest absolute Gasteiger partial charge is 0.493 e. The Hall–Kier alpha value is -4.80. The van der Waals surface area contributed by atoms with Gasteiger partial charge < -0.3 is 28.7 Å². The molecule has 2 amide bonds. The van der Waals surface area contributed by atoms with E-state index in [9.17, 15) is 14.4 Å². The van der Waals surface area contributed by atoms with E-state index in [1.165, 1.54) is 52.0 Å². The Labute approximate surface area is 200 Å². The van der Waals surface area contributed by atoms with Gasteiger partial charge in [0.15, 0.2) is 11.5 Å². The molecule has 0 aliphatic rings. The first-order valence-corrected chi connectivity index (χ1v) is 10.2. The van der Waals surface area contributed by atoms with Gasteiger partial charge in [0, 0.05) is 5.56 Å². The average Bonchev–Trinajstić information content (AvgIpc) is 3.42. The molecule has 0 spiro atoms. The predicted octanol–water partition coefficient (Wildman–Crippen LogP) is 2.40. The number of methoxy groups -OCH3 is 3. The van der Waals surface area contributed by atoms with Crippen LogP contribution in [0, 0.1) is 0 Å². The predicted molar refractivity (Wildman–Crippen MR) is 124 cm³/mol. The van der Waals surface area contributed by atoms with Gasteiger partial charge in [-0.1, -0.05) is 0 Å². The molecule has 11 heteroatoms. The summed E-state index contributed by atoms with van der Waals surface area (Å²) in [5.41, 5.74) is 3.18. The monoisotopic (exact) mass is 481 g/mol. The van der Waals surface area contributed by atoms with Crippen LogP contribution in [0.15, 0.2) is 64.3 Å². The third-order valence-corrected chi connectivity index (χ3v) is 4.55. The van der Waals surface area contributed by atoms with Gasteiger partial charge in [0.2, 0.25) is 11.5 Å². The van der Waals surface area contributed by atoms with Crippen molar-refractivity contribution in [2.75, 3.05) is 27.9 Å². The molecule has 0 fully saturated rings. The summed E-state index contributed by atoms with van der Waals surface area (Å²) in [6.45, 7) is -0.311. The molecule has 2 aromatic carbocycles. The normalized spacial score (nSPS) is 10.5. The van der Waals surface area contributed by atoms with Crippen LogP contribution in [-0.4, -0.2) is 51.9 Å². The lowest BCUT2D eigenvalue weighted by atomic mass is 10.1. The van der Waals surface area contributed by atoms with Gasteiger partial charge in [0.25, 0.3) is 11.8 Å². The van der Waals surface area contributed by atoms with E-state index in [0.717, 1.165) is 0 Å². The Kier molecular flexibility index (Phi) is 8.43. The second-order valence-corrected chi connectivity index (χ2v) is 6.83. The van der Waals surface area contributed by atoms with Crippen molar-refractivity contribution < 1.29 is 37.7 Å². The molecule has 1 aromatic heterocycles. The number of nitrogens with zero attached hydrogens (tertiary/aromatic N) is 1. The molecule has 2 N–H and O–H groups in total. The van der Waals surface area contributed by atoms with Gasteiger partial charge in [-0.25, -0.2) is 10.2 Å². The number of benzene rings is 2. The van der Waals surface area contributed by atoms with E-state index in [0.29, 0.717) is 28.6 Å². The van der Waals surface area contributed by atoms with Crippen LogP contribution in [0.5, 0.6) is 23.0 Å². The molecule has 0 bridgehead atoms. The van der Waals surface area contributed by atoms with Gasteiger partial charge in [-0.05, 0) is 54.1 Å². The van der Waals surface area contributed by atoms with Crippen LogP contribution in [0.2, 0.25) is 0 Å². The van der Waals surface area contributed by atoms with Crippen molar-refractivity contribution in [1.29, 1.82) is 0 Å². The number of furan rings is 1. The molecule has 0 saturated carbocycles. The molecule has 182 valence electrons. The number of nitrogens with one attached hydrogen (secondary N) is 2. The van der Waals surface area contributed by atoms with Crippen LogP contribution in [0.4, 0.5) is 0 Å². The van der Waals surface area contributed by atoms with Gasteiger partial charge in [0.1, 0.15) is 5.75 Å². The van der Waals surface area contributed by atoms with Crippen molar-refractivity contribution in [1.82, 2.24) is 10.7 Å². The first-order valence-electron chi connectivity index (χ1n) is 10.2. The highest BCUT2D eigenvalue weighted by Crippen LogP contribution is 2.38.